The van der Waals surface area contributed by atoms with Crippen LogP contribution in [0.5, 0.6) is 0 Å². The number of hydrogen-bond acceptors (Lipinski definition) is 4. The monoisotopic (exact) mass is 494 g/mol. The molecule has 0 aliphatic carbocycles. The summed E-state index contributed by atoms with van der Waals surface area (Å²) in [6.45, 7) is 3.37. The fourth-order valence-electron chi connectivity index (χ4n) is 2.75. The summed E-state index contributed by atoms with van der Waals surface area (Å²) < 4.78 is 6.36. The predicted molar refractivity (Wildman–Crippen MR) is 118 cm³/mol. The normalized spacial score (nSPS) is 11.7. The van der Waals surface area contributed by atoms with Crippen molar-refractivity contribution in [2.75, 3.05) is 6.54 Å². The van der Waals surface area contributed by atoms with Gasteiger partial charge in [0, 0.05) is 16.7 Å². The molecule has 0 aliphatic rings. The molecule has 0 saturated carbocycles. The van der Waals surface area contributed by atoms with E-state index < -0.39 is 12.0 Å². The Kier molecular flexibility index (Phi) is 9.43. The number of carbonyl (C=O) groups is 2. The number of unbranched alkanes of at least 4 members (excludes halogenated alkanes) is 1. The van der Waals surface area contributed by atoms with Crippen LogP contribution in [0.25, 0.3) is 0 Å². The Labute approximate surface area is 180 Å². The van der Waals surface area contributed by atoms with Gasteiger partial charge < -0.3 is 15.4 Å². The number of hydrogen-bond donors (Lipinski definition) is 1. The summed E-state index contributed by atoms with van der Waals surface area (Å²) in [6.07, 6.45) is 1.74. The number of esters is 1. The van der Waals surface area contributed by atoms with Crippen LogP contribution in [0, 0.1) is 3.57 Å². The molecule has 0 heterocycles. The molecule has 2 aromatic carbocycles. The van der Waals surface area contributed by atoms with E-state index >= 15 is 0 Å². The summed E-state index contributed by atoms with van der Waals surface area (Å²) in [5.41, 5.74) is 8.03. The van der Waals surface area contributed by atoms with Gasteiger partial charge in [-0.15, -0.1) is 0 Å². The van der Waals surface area contributed by atoms with Gasteiger partial charge in [0.25, 0.3) is 0 Å². The van der Waals surface area contributed by atoms with E-state index in [0.717, 1.165) is 27.5 Å². The zero-order chi connectivity index (χ0) is 20.4. The van der Waals surface area contributed by atoms with Crippen molar-refractivity contribution in [3.05, 3.63) is 69.3 Å². The Morgan fingerprint density at radius 2 is 1.79 bits per heavy atom. The van der Waals surface area contributed by atoms with Gasteiger partial charge in [-0.05, 0) is 46.2 Å². The number of rotatable bonds is 10. The van der Waals surface area contributed by atoms with E-state index in [-0.39, 0.29) is 18.9 Å². The molecule has 1 amide bonds. The fraction of sp³-hybridized carbons (Fsp3) is 0.364. The Bertz CT molecular complexity index is 767. The highest BCUT2D eigenvalue weighted by molar-refractivity contribution is 14.1. The third-order valence-electron chi connectivity index (χ3n) is 4.36. The fourth-order valence-corrected chi connectivity index (χ4v) is 3.30. The van der Waals surface area contributed by atoms with Crippen molar-refractivity contribution >= 4 is 34.5 Å². The van der Waals surface area contributed by atoms with Gasteiger partial charge in [-0.3, -0.25) is 9.59 Å². The Hall–Kier alpha value is -1.93. The minimum atomic E-state index is -0.901. The molecule has 28 heavy (non-hydrogen) atoms. The molecule has 0 aliphatic heterocycles. The van der Waals surface area contributed by atoms with Crippen LogP contribution < -0.4 is 5.73 Å². The van der Waals surface area contributed by atoms with Crippen molar-refractivity contribution in [3.63, 3.8) is 0 Å². The number of halogens is 1. The average Bonchev–Trinajstić information content (AvgIpc) is 2.71. The molecule has 5 nitrogen and oxygen atoms in total. The van der Waals surface area contributed by atoms with Crippen LogP contribution in [0.4, 0.5) is 0 Å². The zero-order valence-corrected chi connectivity index (χ0v) is 18.3. The number of benzene rings is 2. The predicted octanol–water partition coefficient (Wildman–Crippen LogP) is 3.88. The first kappa shape index (κ1) is 22.4. The van der Waals surface area contributed by atoms with Gasteiger partial charge in [-0.1, -0.05) is 61.9 Å². The van der Waals surface area contributed by atoms with Crippen LogP contribution in [0.2, 0.25) is 0 Å². The highest BCUT2D eigenvalue weighted by atomic mass is 127. The number of carbonyl (C=O) groups excluding carboxylic acids is 2. The first-order chi connectivity index (χ1) is 13.5. The van der Waals surface area contributed by atoms with E-state index in [2.05, 4.69) is 29.5 Å². The minimum Gasteiger partial charge on any atom is -0.461 e. The second-order valence-electron chi connectivity index (χ2n) is 6.66. The Morgan fingerprint density at radius 1 is 1.11 bits per heavy atom. The molecular formula is C22H27IN2O3. The maximum Gasteiger partial charge on any atom is 0.308 e. The summed E-state index contributed by atoms with van der Waals surface area (Å²) in [4.78, 5) is 26.7. The summed E-state index contributed by atoms with van der Waals surface area (Å²) >= 11 is 2.27. The highest BCUT2D eigenvalue weighted by Crippen LogP contribution is 2.15. The van der Waals surface area contributed by atoms with E-state index in [4.69, 9.17) is 10.5 Å². The molecule has 0 spiro atoms. The van der Waals surface area contributed by atoms with Gasteiger partial charge >= 0.3 is 5.97 Å². The second kappa shape index (κ2) is 11.8. The van der Waals surface area contributed by atoms with Gasteiger partial charge in [0.05, 0.1) is 12.5 Å². The molecule has 0 unspecified atom stereocenters. The topological polar surface area (TPSA) is 72.6 Å². The third-order valence-corrected chi connectivity index (χ3v) is 5.41. The number of amides is 1. The average molecular weight is 494 g/mol. The van der Waals surface area contributed by atoms with Gasteiger partial charge in [-0.25, -0.2) is 0 Å². The molecule has 0 aromatic heterocycles. The molecular weight excluding hydrogens is 467 g/mol. The molecule has 150 valence electrons. The van der Waals surface area contributed by atoms with E-state index in [1.54, 1.807) is 4.90 Å². The van der Waals surface area contributed by atoms with Gasteiger partial charge in [0.15, 0.2) is 0 Å². The second-order valence-corrected chi connectivity index (χ2v) is 7.82. The van der Waals surface area contributed by atoms with Crippen LogP contribution in [-0.2, 0) is 27.5 Å². The number of nitrogens with two attached hydrogens (primary N) is 1. The maximum absolute atomic E-state index is 12.9. The van der Waals surface area contributed by atoms with Crippen molar-refractivity contribution in [1.82, 2.24) is 4.90 Å². The van der Waals surface area contributed by atoms with Crippen molar-refractivity contribution < 1.29 is 14.3 Å². The van der Waals surface area contributed by atoms with Crippen molar-refractivity contribution in [1.29, 1.82) is 0 Å². The van der Waals surface area contributed by atoms with Crippen LogP contribution in [0.15, 0.2) is 54.6 Å². The molecule has 0 radical (unpaired) electrons. The van der Waals surface area contributed by atoms with Gasteiger partial charge in [-0.2, -0.15) is 0 Å². The van der Waals surface area contributed by atoms with Crippen molar-refractivity contribution in [3.8, 4) is 0 Å². The quantitative estimate of drug-likeness (QED) is 0.402. The van der Waals surface area contributed by atoms with E-state index in [1.807, 2.05) is 54.6 Å². The minimum absolute atomic E-state index is 0.125. The van der Waals surface area contributed by atoms with E-state index in [9.17, 15) is 9.59 Å². The maximum atomic E-state index is 12.9. The van der Waals surface area contributed by atoms with Crippen LogP contribution in [-0.4, -0.2) is 29.4 Å². The summed E-state index contributed by atoms with van der Waals surface area (Å²) in [7, 11) is 0. The van der Waals surface area contributed by atoms with E-state index in [1.165, 1.54) is 0 Å². The van der Waals surface area contributed by atoms with E-state index in [0.29, 0.717) is 13.1 Å². The van der Waals surface area contributed by atoms with Crippen LogP contribution in [0.3, 0.4) is 0 Å². The zero-order valence-electron chi connectivity index (χ0n) is 16.1. The standard InChI is InChI=1S/C22H27IN2O3/c1-2-3-13-25(15-18-11-7-8-12-19(18)23)22(27)20(24)14-21(26)28-16-17-9-5-4-6-10-17/h4-12,20H,2-3,13-16,24H2,1H3/t20-/m0/s1. The van der Waals surface area contributed by atoms with Gasteiger partial charge in [0.2, 0.25) is 5.91 Å². The first-order valence-corrected chi connectivity index (χ1v) is 10.6. The molecule has 2 aromatic rings. The lowest BCUT2D eigenvalue weighted by molar-refractivity contribution is -0.148. The largest absolute Gasteiger partial charge is 0.461 e. The molecule has 0 bridgehead atoms. The number of nitrogens with zero attached hydrogens (tertiary/aromatic N) is 1. The number of ether oxygens (including phenoxy) is 1. The van der Waals surface area contributed by atoms with Crippen LogP contribution in [0.1, 0.15) is 37.3 Å². The molecule has 2 N–H and O–H groups in total. The lowest BCUT2D eigenvalue weighted by atomic mass is 10.1. The third kappa shape index (κ3) is 7.24. The summed E-state index contributed by atoms with van der Waals surface area (Å²) in [5.74, 6) is -0.681. The Morgan fingerprint density at radius 3 is 2.46 bits per heavy atom. The molecule has 6 heteroatoms. The first-order valence-electron chi connectivity index (χ1n) is 9.48. The Balaban J connectivity index is 1.93. The molecule has 0 fully saturated rings. The van der Waals surface area contributed by atoms with Crippen LogP contribution >= 0.6 is 22.6 Å². The highest BCUT2D eigenvalue weighted by Gasteiger charge is 2.24. The lowest BCUT2D eigenvalue weighted by Gasteiger charge is -2.26. The van der Waals surface area contributed by atoms with Crippen molar-refractivity contribution in [2.45, 2.75) is 45.4 Å². The molecule has 2 rings (SSSR count). The smallest absolute Gasteiger partial charge is 0.308 e. The molecule has 1 atom stereocenters. The summed E-state index contributed by atoms with van der Waals surface area (Å²) in [6, 6.07) is 16.5. The lowest BCUT2D eigenvalue weighted by Crippen LogP contribution is -2.45. The van der Waals surface area contributed by atoms with Gasteiger partial charge in [0.1, 0.15) is 6.61 Å². The molecule has 0 saturated heterocycles. The SMILES string of the molecule is CCCCN(Cc1ccccc1I)C(=O)[C@@H](N)CC(=O)OCc1ccccc1. The summed E-state index contributed by atoms with van der Waals surface area (Å²) in [5, 5.41) is 0. The van der Waals surface area contributed by atoms with Crippen molar-refractivity contribution in [2.24, 2.45) is 5.73 Å².